The third-order valence-electron chi connectivity index (χ3n) is 3.83. The zero-order valence-corrected chi connectivity index (χ0v) is 13.2. The van der Waals surface area contributed by atoms with E-state index in [0.29, 0.717) is 17.1 Å². The van der Waals surface area contributed by atoms with Crippen LogP contribution < -0.4 is 11.1 Å². The van der Waals surface area contributed by atoms with E-state index in [9.17, 15) is 9.90 Å². The molecule has 0 aliphatic carbocycles. The molecule has 0 aliphatic heterocycles. The summed E-state index contributed by atoms with van der Waals surface area (Å²) in [5.41, 5.74) is 6.43. The summed E-state index contributed by atoms with van der Waals surface area (Å²) in [6.45, 7) is 4.40. The first-order valence-electron chi connectivity index (χ1n) is 7.30. The van der Waals surface area contributed by atoms with Crippen molar-refractivity contribution in [2.24, 2.45) is 5.92 Å². The second kappa shape index (κ2) is 6.91. The van der Waals surface area contributed by atoms with Crippen molar-refractivity contribution >= 4 is 33.0 Å². The van der Waals surface area contributed by atoms with Crippen molar-refractivity contribution in [3.63, 3.8) is 0 Å². The van der Waals surface area contributed by atoms with Gasteiger partial charge in [0.05, 0.1) is 11.0 Å². The topological polar surface area (TPSA) is 75.3 Å². The molecule has 4 nitrogen and oxygen atoms in total. The summed E-state index contributed by atoms with van der Waals surface area (Å²) < 4.78 is 1.04. The molecule has 1 heterocycles. The number of aliphatic hydroxyl groups excluding tert-OH is 1. The number of nitrogens with one attached hydrogen (secondary N) is 1. The van der Waals surface area contributed by atoms with Crippen molar-refractivity contribution in [1.29, 1.82) is 0 Å². The fourth-order valence-corrected chi connectivity index (χ4v) is 3.42. The molecule has 0 aliphatic rings. The predicted octanol–water partition coefficient (Wildman–Crippen LogP) is 3.01. The molecule has 0 bridgehead atoms. The van der Waals surface area contributed by atoms with E-state index in [1.54, 1.807) is 0 Å². The van der Waals surface area contributed by atoms with Crippen LogP contribution in [-0.2, 0) is 0 Å². The molecule has 1 amide bonds. The van der Waals surface area contributed by atoms with Crippen molar-refractivity contribution in [1.82, 2.24) is 5.32 Å². The fraction of sp³-hybridized carbons (Fsp3) is 0.438. The Morgan fingerprint density at radius 1 is 1.33 bits per heavy atom. The van der Waals surface area contributed by atoms with E-state index >= 15 is 0 Å². The molecule has 21 heavy (non-hydrogen) atoms. The number of carbonyl (C=O) groups excluding carboxylic acids is 1. The van der Waals surface area contributed by atoms with Crippen LogP contribution in [0.25, 0.3) is 10.1 Å². The van der Waals surface area contributed by atoms with E-state index in [-0.39, 0.29) is 11.8 Å². The zero-order chi connectivity index (χ0) is 15.4. The fourth-order valence-electron chi connectivity index (χ4n) is 2.46. The van der Waals surface area contributed by atoms with E-state index in [4.69, 9.17) is 5.73 Å². The Hall–Kier alpha value is -1.59. The lowest BCUT2D eigenvalue weighted by Gasteiger charge is -2.20. The van der Waals surface area contributed by atoms with Gasteiger partial charge in [0.2, 0.25) is 0 Å². The van der Waals surface area contributed by atoms with Gasteiger partial charge in [0, 0.05) is 16.9 Å². The van der Waals surface area contributed by atoms with Crippen molar-refractivity contribution in [2.75, 3.05) is 12.3 Å². The largest absolute Gasteiger partial charge is 0.399 e. The van der Waals surface area contributed by atoms with E-state index in [1.807, 2.05) is 24.3 Å². The number of nitrogens with two attached hydrogens (primary N) is 1. The molecule has 0 fully saturated rings. The van der Waals surface area contributed by atoms with Gasteiger partial charge in [0.25, 0.3) is 5.91 Å². The number of carbonyl (C=O) groups is 1. The van der Waals surface area contributed by atoms with Crippen LogP contribution >= 0.6 is 11.3 Å². The Bertz CT molecular complexity index is 620. The van der Waals surface area contributed by atoms with E-state index in [1.165, 1.54) is 11.3 Å². The predicted molar refractivity (Wildman–Crippen MR) is 88.6 cm³/mol. The minimum atomic E-state index is -0.492. The third-order valence-corrected chi connectivity index (χ3v) is 4.94. The summed E-state index contributed by atoms with van der Waals surface area (Å²) in [5, 5.41) is 13.8. The maximum absolute atomic E-state index is 12.2. The highest BCUT2D eigenvalue weighted by atomic mass is 32.1. The molecule has 1 atom stereocenters. The number of thiophene rings is 1. The maximum atomic E-state index is 12.2. The molecule has 1 aromatic carbocycles. The lowest BCUT2D eigenvalue weighted by molar-refractivity contribution is 0.0819. The van der Waals surface area contributed by atoms with E-state index in [0.717, 1.165) is 22.9 Å². The van der Waals surface area contributed by atoms with Crippen LogP contribution in [0.15, 0.2) is 24.3 Å². The van der Waals surface area contributed by atoms with Gasteiger partial charge in [0.15, 0.2) is 0 Å². The molecule has 4 N–H and O–H groups in total. The maximum Gasteiger partial charge on any atom is 0.261 e. The lowest BCUT2D eigenvalue weighted by atomic mass is 9.96. The van der Waals surface area contributed by atoms with Crippen LogP contribution in [0.2, 0.25) is 0 Å². The average molecular weight is 306 g/mol. The van der Waals surface area contributed by atoms with Crippen LogP contribution in [-0.4, -0.2) is 23.7 Å². The number of hydrogen-bond acceptors (Lipinski definition) is 4. The number of rotatable bonds is 6. The first-order chi connectivity index (χ1) is 10.0. The van der Waals surface area contributed by atoms with Crippen LogP contribution in [0.3, 0.4) is 0 Å². The van der Waals surface area contributed by atoms with E-state index < -0.39 is 6.10 Å². The number of anilines is 1. The standard InChI is InChI=1S/C16H22N2O2S/c1-3-10(4-2)13(19)9-18-16(20)15-8-11-7-12(17)5-6-14(11)21-15/h5-8,10,13,19H,3-4,9,17H2,1-2H3,(H,18,20). The molecule has 2 aromatic rings. The van der Waals surface area contributed by atoms with Crippen LogP contribution in [0.5, 0.6) is 0 Å². The van der Waals surface area contributed by atoms with Crippen molar-refractivity contribution < 1.29 is 9.90 Å². The second-order valence-corrected chi connectivity index (χ2v) is 6.35. The van der Waals surface area contributed by atoms with Crippen LogP contribution in [0.4, 0.5) is 5.69 Å². The number of hydrogen-bond donors (Lipinski definition) is 3. The number of benzene rings is 1. The SMILES string of the molecule is CCC(CC)C(O)CNC(=O)c1cc2cc(N)ccc2s1. The first-order valence-corrected chi connectivity index (χ1v) is 8.12. The molecule has 114 valence electrons. The molecule has 0 radical (unpaired) electrons. The summed E-state index contributed by atoms with van der Waals surface area (Å²) in [4.78, 5) is 12.8. The molecule has 1 aromatic heterocycles. The number of fused-ring (bicyclic) bond motifs is 1. The average Bonchev–Trinajstić information content (AvgIpc) is 2.89. The highest BCUT2D eigenvalue weighted by Crippen LogP contribution is 2.27. The summed E-state index contributed by atoms with van der Waals surface area (Å²) in [6, 6.07) is 7.46. The Kier molecular flexibility index (Phi) is 5.20. The molecule has 0 saturated carbocycles. The Balaban J connectivity index is 2.02. The van der Waals surface area contributed by atoms with Crippen molar-refractivity contribution in [3.05, 3.63) is 29.1 Å². The van der Waals surface area contributed by atoms with E-state index in [2.05, 4.69) is 19.2 Å². The third kappa shape index (κ3) is 3.74. The molecule has 0 saturated heterocycles. The van der Waals surface area contributed by atoms with Gasteiger partial charge >= 0.3 is 0 Å². The molecule has 5 heteroatoms. The van der Waals surface area contributed by atoms with Crippen LogP contribution in [0.1, 0.15) is 36.4 Å². The van der Waals surface area contributed by atoms with Gasteiger partial charge < -0.3 is 16.2 Å². The highest BCUT2D eigenvalue weighted by molar-refractivity contribution is 7.20. The Labute approximate surface area is 129 Å². The minimum Gasteiger partial charge on any atom is -0.399 e. The highest BCUT2D eigenvalue weighted by Gasteiger charge is 2.17. The smallest absolute Gasteiger partial charge is 0.261 e. The number of amides is 1. The summed E-state index contributed by atoms with van der Waals surface area (Å²) in [7, 11) is 0. The second-order valence-electron chi connectivity index (χ2n) is 5.26. The minimum absolute atomic E-state index is 0.139. The summed E-state index contributed by atoms with van der Waals surface area (Å²) in [6.07, 6.45) is 1.33. The molecule has 0 spiro atoms. The number of nitrogen functional groups attached to an aromatic ring is 1. The summed E-state index contributed by atoms with van der Waals surface area (Å²) >= 11 is 1.44. The zero-order valence-electron chi connectivity index (χ0n) is 12.4. The van der Waals surface area contributed by atoms with Crippen LogP contribution in [0, 0.1) is 5.92 Å². The molecule has 2 rings (SSSR count). The number of aliphatic hydroxyl groups is 1. The Morgan fingerprint density at radius 2 is 2.05 bits per heavy atom. The lowest BCUT2D eigenvalue weighted by Crippen LogP contribution is -2.35. The first kappa shape index (κ1) is 15.8. The molecular weight excluding hydrogens is 284 g/mol. The molecular formula is C16H22N2O2S. The van der Waals surface area contributed by atoms with Crippen molar-refractivity contribution in [3.8, 4) is 0 Å². The normalized spacial score (nSPS) is 12.8. The van der Waals surface area contributed by atoms with Gasteiger partial charge in [-0.25, -0.2) is 0 Å². The Morgan fingerprint density at radius 3 is 2.71 bits per heavy atom. The summed E-state index contributed by atoms with van der Waals surface area (Å²) in [5.74, 6) is 0.0901. The van der Waals surface area contributed by atoms with Gasteiger partial charge in [-0.15, -0.1) is 11.3 Å². The van der Waals surface area contributed by atoms with Crippen molar-refractivity contribution in [2.45, 2.75) is 32.8 Å². The van der Waals surface area contributed by atoms with Gasteiger partial charge in [-0.1, -0.05) is 26.7 Å². The molecule has 1 unspecified atom stereocenters. The van der Waals surface area contributed by atoms with Gasteiger partial charge in [-0.3, -0.25) is 4.79 Å². The quantitative estimate of drug-likeness (QED) is 0.718. The van der Waals surface area contributed by atoms with Gasteiger partial charge in [-0.2, -0.15) is 0 Å². The van der Waals surface area contributed by atoms with Gasteiger partial charge in [0.1, 0.15) is 0 Å². The monoisotopic (exact) mass is 306 g/mol. The van der Waals surface area contributed by atoms with Gasteiger partial charge in [-0.05, 0) is 35.6 Å².